The minimum absolute atomic E-state index is 0.0477. The number of fused-ring (bicyclic) bond motifs is 2. The third kappa shape index (κ3) is 2.21. The predicted octanol–water partition coefficient (Wildman–Crippen LogP) is 2.09. The molecule has 0 amide bonds. The van der Waals surface area contributed by atoms with Gasteiger partial charge in [0.05, 0.1) is 11.8 Å². The third-order valence-electron chi connectivity index (χ3n) is 6.32. The second kappa shape index (κ2) is 5.04. The Kier molecular flexibility index (Phi) is 3.65. The highest BCUT2D eigenvalue weighted by Gasteiger charge is 2.65. The van der Waals surface area contributed by atoms with Crippen LogP contribution in [-0.4, -0.2) is 36.8 Å². The third-order valence-corrected chi connectivity index (χ3v) is 8.38. The molecular formula is C16H24N2O3S. The zero-order valence-electron chi connectivity index (χ0n) is 13.3. The summed E-state index contributed by atoms with van der Waals surface area (Å²) in [6, 6.07) is 2.08. The molecule has 2 atom stereocenters. The lowest BCUT2D eigenvalue weighted by molar-refractivity contribution is -0.128. The molecule has 0 saturated heterocycles. The summed E-state index contributed by atoms with van der Waals surface area (Å²) < 4.78 is 27.4. The van der Waals surface area contributed by atoms with Crippen molar-refractivity contribution in [2.45, 2.75) is 58.4 Å². The average Bonchev–Trinajstić information content (AvgIpc) is 3.19. The van der Waals surface area contributed by atoms with Crippen LogP contribution in [0.3, 0.4) is 0 Å². The van der Waals surface area contributed by atoms with Crippen molar-refractivity contribution in [2.24, 2.45) is 16.7 Å². The maximum atomic E-state index is 13.0. The van der Waals surface area contributed by atoms with E-state index >= 15 is 0 Å². The van der Waals surface area contributed by atoms with Gasteiger partial charge in [-0.15, -0.1) is 0 Å². The van der Waals surface area contributed by atoms with E-state index in [9.17, 15) is 13.2 Å². The van der Waals surface area contributed by atoms with E-state index in [0.29, 0.717) is 18.8 Å². The summed E-state index contributed by atoms with van der Waals surface area (Å²) in [4.78, 5) is 12.5. The summed E-state index contributed by atoms with van der Waals surface area (Å²) >= 11 is 0. The smallest absolute Gasteiger partial charge is 0.215 e. The fourth-order valence-electron chi connectivity index (χ4n) is 4.57. The lowest BCUT2D eigenvalue weighted by Gasteiger charge is -2.37. The molecule has 3 fully saturated rings. The number of nitriles is 1. The van der Waals surface area contributed by atoms with Crippen LogP contribution in [0.4, 0.5) is 0 Å². The van der Waals surface area contributed by atoms with E-state index in [2.05, 4.69) is 13.8 Å². The normalized spacial score (nSPS) is 33.4. The molecule has 3 aliphatic carbocycles. The van der Waals surface area contributed by atoms with E-state index < -0.39 is 15.4 Å². The predicted molar refractivity (Wildman–Crippen MR) is 82.3 cm³/mol. The lowest BCUT2D eigenvalue weighted by Crippen LogP contribution is -2.47. The molecule has 3 rings (SSSR count). The minimum Gasteiger partial charge on any atom is -0.299 e. The number of rotatable bonds is 6. The van der Waals surface area contributed by atoms with Gasteiger partial charge in [0.2, 0.25) is 10.0 Å². The van der Waals surface area contributed by atoms with Crippen molar-refractivity contribution in [3.63, 3.8) is 0 Å². The molecule has 5 nitrogen and oxygen atoms in total. The lowest BCUT2D eigenvalue weighted by atomic mass is 9.70. The van der Waals surface area contributed by atoms with E-state index in [0.717, 1.165) is 19.3 Å². The van der Waals surface area contributed by atoms with Crippen LogP contribution in [0.2, 0.25) is 0 Å². The van der Waals surface area contributed by atoms with Gasteiger partial charge in [0.1, 0.15) is 5.78 Å². The highest BCUT2D eigenvalue weighted by atomic mass is 32.2. The molecule has 122 valence electrons. The van der Waals surface area contributed by atoms with Crippen LogP contribution in [0.5, 0.6) is 0 Å². The molecule has 6 heteroatoms. The van der Waals surface area contributed by atoms with Gasteiger partial charge in [-0.25, -0.2) is 8.42 Å². The average molecular weight is 324 g/mol. The van der Waals surface area contributed by atoms with Crippen molar-refractivity contribution in [3.8, 4) is 6.07 Å². The van der Waals surface area contributed by atoms with Crippen molar-refractivity contribution >= 4 is 15.8 Å². The molecule has 0 aromatic carbocycles. The first-order valence-electron chi connectivity index (χ1n) is 8.14. The molecule has 0 aromatic heterocycles. The maximum absolute atomic E-state index is 13.0. The Morgan fingerprint density at radius 1 is 1.32 bits per heavy atom. The molecule has 0 spiro atoms. The van der Waals surface area contributed by atoms with Crippen molar-refractivity contribution in [1.29, 1.82) is 5.26 Å². The topological polar surface area (TPSA) is 78.2 Å². The zero-order chi connectivity index (χ0) is 16.2. The van der Waals surface area contributed by atoms with E-state index in [1.807, 2.05) is 6.07 Å². The highest BCUT2D eigenvalue weighted by molar-refractivity contribution is 7.89. The number of sulfonamides is 1. The summed E-state index contributed by atoms with van der Waals surface area (Å²) in [5.41, 5.74) is -0.947. The molecule has 0 radical (unpaired) electrons. The van der Waals surface area contributed by atoms with Gasteiger partial charge in [-0.1, -0.05) is 13.8 Å². The first-order valence-corrected chi connectivity index (χ1v) is 9.75. The van der Waals surface area contributed by atoms with Gasteiger partial charge < -0.3 is 0 Å². The van der Waals surface area contributed by atoms with Gasteiger partial charge in [-0.05, 0) is 37.0 Å². The molecule has 0 aliphatic heterocycles. The highest BCUT2D eigenvalue weighted by Crippen LogP contribution is 2.64. The Morgan fingerprint density at radius 3 is 2.45 bits per heavy atom. The quantitative estimate of drug-likeness (QED) is 0.749. The second-order valence-electron chi connectivity index (χ2n) is 7.67. The molecule has 0 heterocycles. The van der Waals surface area contributed by atoms with Crippen LogP contribution >= 0.6 is 0 Å². The Morgan fingerprint density at radius 2 is 2.00 bits per heavy atom. The monoisotopic (exact) mass is 324 g/mol. The first kappa shape index (κ1) is 15.9. The minimum atomic E-state index is -3.50. The Bertz CT molecular complexity index is 630. The number of carbonyl (C=O) groups excluding carboxylic acids is 1. The van der Waals surface area contributed by atoms with Crippen molar-refractivity contribution in [2.75, 3.05) is 12.3 Å². The van der Waals surface area contributed by atoms with Gasteiger partial charge >= 0.3 is 0 Å². The van der Waals surface area contributed by atoms with Crippen LogP contribution in [0, 0.1) is 28.1 Å². The summed E-state index contributed by atoms with van der Waals surface area (Å²) in [7, 11) is -3.50. The number of hydrogen-bond donors (Lipinski definition) is 0. The van der Waals surface area contributed by atoms with E-state index in [4.69, 9.17) is 5.26 Å². The van der Waals surface area contributed by atoms with Crippen LogP contribution in [0.15, 0.2) is 0 Å². The molecule has 3 saturated carbocycles. The Hall–Kier alpha value is -0.930. The fourth-order valence-corrected chi connectivity index (χ4v) is 7.07. The Labute approximate surface area is 132 Å². The van der Waals surface area contributed by atoms with Crippen LogP contribution in [0.25, 0.3) is 0 Å². The van der Waals surface area contributed by atoms with Crippen LogP contribution < -0.4 is 0 Å². The maximum Gasteiger partial charge on any atom is 0.215 e. The van der Waals surface area contributed by atoms with Gasteiger partial charge in [0.15, 0.2) is 0 Å². The number of nitrogens with zero attached hydrogens (tertiary/aromatic N) is 2. The van der Waals surface area contributed by atoms with Gasteiger partial charge in [0.25, 0.3) is 0 Å². The van der Waals surface area contributed by atoms with Crippen molar-refractivity contribution < 1.29 is 13.2 Å². The van der Waals surface area contributed by atoms with Crippen LogP contribution in [-0.2, 0) is 14.8 Å². The summed E-state index contributed by atoms with van der Waals surface area (Å²) in [6.07, 6.45) is 4.14. The van der Waals surface area contributed by atoms with E-state index in [1.54, 1.807) is 0 Å². The van der Waals surface area contributed by atoms with E-state index in [-0.39, 0.29) is 36.0 Å². The van der Waals surface area contributed by atoms with Crippen LogP contribution in [0.1, 0.15) is 52.4 Å². The molecule has 2 unspecified atom stereocenters. The van der Waals surface area contributed by atoms with E-state index in [1.165, 1.54) is 4.31 Å². The van der Waals surface area contributed by atoms with Crippen molar-refractivity contribution in [1.82, 2.24) is 4.31 Å². The SMILES string of the molecule is CC1(C)C2CCC1(CS(=O)(=O)N(CCC#N)C1CC1)C(=O)C2. The molecule has 3 aliphatic rings. The summed E-state index contributed by atoms with van der Waals surface area (Å²) in [6.45, 7) is 4.38. The number of carbonyl (C=O) groups is 1. The summed E-state index contributed by atoms with van der Waals surface area (Å²) in [5, 5.41) is 8.77. The molecular weight excluding hydrogens is 300 g/mol. The fraction of sp³-hybridized carbons (Fsp3) is 0.875. The standard InChI is InChI=1S/C16H24N2O3S/c1-15(2)12-6-7-16(15,14(19)10-12)11-22(20,21)18(9-3-8-17)13-4-5-13/h12-13H,3-7,9-11H2,1-2H3. The van der Waals surface area contributed by atoms with Gasteiger partial charge in [-0.3, -0.25) is 4.79 Å². The molecule has 22 heavy (non-hydrogen) atoms. The largest absolute Gasteiger partial charge is 0.299 e. The molecule has 0 N–H and O–H groups in total. The number of ketones is 1. The first-order chi connectivity index (χ1) is 10.2. The van der Waals surface area contributed by atoms with Crippen molar-refractivity contribution in [3.05, 3.63) is 0 Å². The van der Waals surface area contributed by atoms with Gasteiger partial charge in [0, 0.05) is 30.8 Å². The number of Topliss-reactive ketones (excluding diaryl/α,β-unsaturated/α-hetero) is 1. The Balaban J connectivity index is 1.87. The van der Waals surface area contributed by atoms with Gasteiger partial charge in [-0.2, -0.15) is 9.57 Å². The molecule has 2 bridgehead atoms. The second-order valence-corrected chi connectivity index (χ2v) is 9.59. The summed E-state index contributed by atoms with van der Waals surface area (Å²) in [5.74, 6) is 0.390. The molecule has 0 aromatic rings. The number of hydrogen-bond acceptors (Lipinski definition) is 4. The zero-order valence-corrected chi connectivity index (χ0v) is 14.2.